The molecular formula is C14H15N3O5. The Bertz CT molecular complexity index is 654. The van der Waals surface area contributed by atoms with Gasteiger partial charge in [-0.3, -0.25) is 4.79 Å². The zero-order valence-corrected chi connectivity index (χ0v) is 11.7. The predicted octanol–water partition coefficient (Wildman–Crippen LogP) is 1.42. The van der Waals surface area contributed by atoms with E-state index in [-0.39, 0.29) is 25.3 Å². The molecule has 116 valence electrons. The van der Waals surface area contributed by atoms with Gasteiger partial charge >= 0.3 is 11.9 Å². The van der Waals surface area contributed by atoms with Crippen molar-refractivity contribution in [3.8, 4) is 5.75 Å². The van der Waals surface area contributed by atoms with Crippen molar-refractivity contribution in [3.63, 3.8) is 0 Å². The van der Waals surface area contributed by atoms with Crippen LogP contribution >= 0.6 is 0 Å². The summed E-state index contributed by atoms with van der Waals surface area (Å²) in [6, 6.07) is 8.94. The molecule has 0 unspecified atom stereocenters. The molecule has 0 saturated carbocycles. The Hall–Kier alpha value is -2.90. The fourth-order valence-electron chi connectivity index (χ4n) is 1.87. The van der Waals surface area contributed by atoms with Crippen molar-refractivity contribution in [3.05, 3.63) is 41.7 Å². The first-order valence-electron chi connectivity index (χ1n) is 6.63. The third-order valence-corrected chi connectivity index (χ3v) is 2.92. The normalized spacial score (nSPS) is 10.4. The van der Waals surface area contributed by atoms with E-state index in [4.69, 9.17) is 14.9 Å². The molecule has 0 atom stereocenters. The van der Waals surface area contributed by atoms with Crippen LogP contribution in [0.5, 0.6) is 5.75 Å². The number of nitrogens with zero attached hydrogens (tertiary/aromatic N) is 3. The number of carbonyl (C=O) groups is 2. The fraction of sp³-hybridized carbons (Fsp3) is 0.286. The first-order chi connectivity index (χ1) is 10.6. The van der Waals surface area contributed by atoms with Gasteiger partial charge in [0.1, 0.15) is 18.1 Å². The second-order valence-corrected chi connectivity index (χ2v) is 4.51. The fourth-order valence-corrected chi connectivity index (χ4v) is 1.87. The number of hydrogen-bond donors (Lipinski definition) is 2. The van der Waals surface area contributed by atoms with E-state index in [0.717, 1.165) is 0 Å². The van der Waals surface area contributed by atoms with Crippen molar-refractivity contribution in [1.29, 1.82) is 0 Å². The van der Waals surface area contributed by atoms with Gasteiger partial charge in [-0.25, -0.2) is 9.48 Å². The van der Waals surface area contributed by atoms with Gasteiger partial charge in [-0.05, 0) is 18.6 Å². The van der Waals surface area contributed by atoms with Gasteiger partial charge in [-0.1, -0.05) is 23.4 Å². The number of aromatic carboxylic acids is 1. The number of aromatic nitrogens is 3. The van der Waals surface area contributed by atoms with Crippen LogP contribution in [0.15, 0.2) is 30.3 Å². The lowest BCUT2D eigenvalue weighted by Crippen LogP contribution is -2.12. The number of benzene rings is 1. The summed E-state index contributed by atoms with van der Waals surface area (Å²) < 4.78 is 6.90. The summed E-state index contributed by atoms with van der Waals surface area (Å²) in [6.45, 7) is 0.256. The summed E-state index contributed by atoms with van der Waals surface area (Å²) in [4.78, 5) is 21.7. The number of hydrogen-bond acceptors (Lipinski definition) is 5. The van der Waals surface area contributed by atoms with Crippen LogP contribution in [-0.2, 0) is 17.9 Å². The van der Waals surface area contributed by atoms with E-state index in [9.17, 15) is 9.59 Å². The minimum Gasteiger partial charge on any atom is -0.487 e. The lowest BCUT2D eigenvalue weighted by atomic mass is 10.3. The molecule has 0 aliphatic heterocycles. The molecule has 0 amide bonds. The Kier molecular flexibility index (Phi) is 5.07. The largest absolute Gasteiger partial charge is 0.487 e. The molecule has 2 aromatic rings. The van der Waals surface area contributed by atoms with Crippen LogP contribution < -0.4 is 4.74 Å². The topological polar surface area (TPSA) is 115 Å². The maximum absolute atomic E-state index is 11.2. The molecule has 0 aliphatic carbocycles. The third kappa shape index (κ3) is 4.05. The van der Waals surface area contributed by atoms with Crippen LogP contribution in [-0.4, -0.2) is 37.1 Å². The first kappa shape index (κ1) is 15.5. The summed E-state index contributed by atoms with van der Waals surface area (Å²) in [5.41, 5.74) is 0.119. The molecule has 8 heteroatoms. The molecule has 0 fully saturated rings. The average Bonchev–Trinajstić information content (AvgIpc) is 2.89. The van der Waals surface area contributed by atoms with Crippen molar-refractivity contribution < 1.29 is 24.5 Å². The van der Waals surface area contributed by atoms with Gasteiger partial charge < -0.3 is 14.9 Å². The Morgan fingerprint density at radius 2 is 1.91 bits per heavy atom. The van der Waals surface area contributed by atoms with Crippen LogP contribution in [0.3, 0.4) is 0 Å². The van der Waals surface area contributed by atoms with Gasteiger partial charge in [0.2, 0.25) is 0 Å². The molecule has 0 saturated heterocycles. The first-order valence-corrected chi connectivity index (χ1v) is 6.63. The quantitative estimate of drug-likeness (QED) is 0.757. The Balaban J connectivity index is 2.10. The Morgan fingerprint density at radius 3 is 2.55 bits per heavy atom. The lowest BCUT2D eigenvalue weighted by molar-refractivity contribution is -0.137. The van der Waals surface area contributed by atoms with Crippen molar-refractivity contribution in [2.75, 3.05) is 0 Å². The number of carboxylic acid groups (broad SMARTS) is 2. The van der Waals surface area contributed by atoms with Gasteiger partial charge in [0.15, 0.2) is 5.69 Å². The van der Waals surface area contributed by atoms with Gasteiger partial charge in [0, 0.05) is 13.0 Å². The monoisotopic (exact) mass is 305 g/mol. The summed E-state index contributed by atoms with van der Waals surface area (Å²) >= 11 is 0. The van der Waals surface area contributed by atoms with E-state index < -0.39 is 11.9 Å². The molecule has 1 aromatic carbocycles. The highest BCUT2D eigenvalue weighted by molar-refractivity contribution is 5.86. The van der Waals surface area contributed by atoms with E-state index in [1.807, 2.05) is 6.07 Å². The van der Waals surface area contributed by atoms with E-state index >= 15 is 0 Å². The van der Waals surface area contributed by atoms with E-state index in [1.165, 1.54) is 4.68 Å². The number of carboxylic acids is 2. The van der Waals surface area contributed by atoms with E-state index in [2.05, 4.69) is 10.3 Å². The van der Waals surface area contributed by atoms with Crippen molar-refractivity contribution in [2.45, 2.75) is 26.0 Å². The third-order valence-electron chi connectivity index (χ3n) is 2.92. The molecule has 0 aliphatic rings. The zero-order chi connectivity index (χ0) is 15.9. The maximum atomic E-state index is 11.2. The van der Waals surface area contributed by atoms with Crippen LogP contribution in [0.25, 0.3) is 0 Å². The number of aryl methyl sites for hydroxylation is 1. The molecule has 0 radical (unpaired) electrons. The second kappa shape index (κ2) is 7.21. The molecular weight excluding hydrogens is 290 g/mol. The standard InChI is InChI=1S/C14H15N3O5/c18-12(19)7-4-8-17-11(13(14(20)21)15-16-17)9-22-10-5-2-1-3-6-10/h1-3,5-6H,4,7-9H2,(H,18,19)(H,20,21). The van der Waals surface area contributed by atoms with Crippen LogP contribution in [0.2, 0.25) is 0 Å². The molecule has 0 bridgehead atoms. The zero-order valence-electron chi connectivity index (χ0n) is 11.7. The van der Waals surface area contributed by atoms with Gasteiger partial charge in [0.25, 0.3) is 0 Å². The molecule has 2 rings (SSSR count). The minimum atomic E-state index is -1.20. The molecule has 8 nitrogen and oxygen atoms in total. The Labute approximate surface area is 125 Å². The van der Waals surface area contributed by atoms with E-state index in [1.54, 1.807) is 24.3 Å². The molecule has 1 heterocycles. The van der Waals surface area contributed by atoms with Crippen LogP contribution in [0.1, 0.15) is 29.0 Å². The van der Waals surface area contributed by atoms with E-state index in [0.29, 0.717) is 17.9 Å². The number of aliphatic carboxylic acids is 1. The van der Waals surface area contributed by atoms with Gasteiger partial charge in [-0.2, -0.15) is 0 Å². The smallest absolute Gasteiger partial charge is 0.358 e. The molecule has 22 heavy (non-hydrogen) atoms. The SMILES string of the molecule is O=C(O)CCCn1nnc(C(=O)O)c1COc1ccccc1. The summed E-state index contributed by atoms with van der Waals surface area (Å²) in [7, 11) is 0. The molecule has 2 N–H and O–H groups in total. The van der Waals surface area contributed by atoms with Gasteiger partial charge in [0.05, 0.1) is 0 Å². The molecule has 1 aromatic heterocycles. The second-order valence-electron chi connectivity index (χ2n) is 4.51. The summed E-state index contributed by atoms with van der Waals surface area (Å²) in [5, 5.41) is 25.1. The predicted molar refractivity (Wildman–Crippen MR) is 74.6 cm³/mol. The number of rotatable bonds is 8. The minimum absolute atomic E-state index is 0.00822. The summed E-state index contributed by atoms with van der Waals surface area (Å²) in [5.74, 6) is -1.52. The summed E-state index contributed by atoms with van der Waals surface area (Å²) in [6.07, 6.45) is 0.303. The lowest BCUT2D eigenvalue weighted by Gasteiger charge is -2.08. The van der Waals surface area contributed by atoms with Gasteiger partial charge in [-0.15, -0.1) is 5.10 Å². The van der Waals surface area contributed by atoms with Crippen molar-refractivity contribution >= 4 is 11.9 Å². The Morgan fingerprint density at radius 1 is 1.18 bits per heavy atom. The highest BCUT2D eigenvalue weighted by Crippen LogP contribution is 2.14. The maximum Gasteiger partial charge on any atom is 0.358 e. The van der Waals surface area contributed by atoms with Crippen molar-refractivity contribution in [2.24, 2.45) is 0 Å². The van der Waals surface area contributed by atoms with Crippen LogP contribution in [0, 0.1) is 0 Å². The molecule has 0 spiro atoms. The van der Waals surface area contributed by atoms with Crippen LogP contribution in [0.4, 0.5) is 0 Å². The number of ether oxygens (including phenoxy) is 1. The highest BCUT2D eigenvalue weighted by atomic mass is 16.5. The highest BCUT2D eigenvalue weighted by Gasteiger charge is 2.19. The number of para-hydroxylation sites is 1. The average molecular weight is 305 g/mol. The van der Waals surface area contributed by atoms with Crippen molar-refractivity contribution in [1.82, 2.24) is 15.0 Å².